The van der Waals surface area contributed by atoms with Crippen LogP contribution < -0.4 is 10.6 Å². The fourth-order valence-corrected chi connectivity index (χ4v) is 2.67. The average Bonchev–Trinajstić information content (AvgIpc) is 2.47. The molecule has 4 heteroatoms. The van der Waals surface area contributed by atoms with Crippen molar-refractivity contribution in [3.05, 3.63) is 35.9 Å². The first-order valence-corrected chi connectivity index (χ1v) is 7.37. The number of benzene rings is 1. The van der Waals surface area contributed by atoms with Gasteiger partial charge in [-0.15, -0.1) is 0 Å². The summed E-state index contributed by atoms with van der Waals surface area (Å²) in [4.78, 5) is 12.2. The standard InChI is InChI=1S/C16H24N2O2/c1-12-7-8-17-15(9-12)16(20)18-14(11-19)10-13-5-3-2-4-6-13/h2-6,12,14-15,17,19H,7-11H2,1H3,(H,18,20)/t12-,14-,15+/m1/s1. The lowest BCUT2D eigenvalue weighted by Crippen LogP contribution is -2.52. The molecule has 0 spiro atoms. The van der Waals surface area contributed by atoms with Crippen molar-refractivity contribution in [3.63, 3.8) is 0 Å². The van der Waals surface area contributed by atoms with Crippen LogP contribution in [0.15, 0.2) is 30.3 Å². The van der Waals surface area contributed by atoms with E-state index in [0.717, 1.165) is 24.9 Å². The van der Waals surface area contributed by atoms with Gasteiger partial charge in [-0.3, -0.25) is 4.79 Å². The SMILES string of the molecule is C[C@@H]1CCN[C@H](C(=O)N[C@@H](CO)Cc2ccccc2)C1. The monoisotopic (exact) mass is 276 g/mol. The van der Waals surface area contributed by atoms with E-state index in [1.54, 1.807) is 0 Å². The first-order chi connectivity index (χ1) is 9.69. The fraction of sp³-hybridized carbons (Fsp3) is 0.562. The Morgan fingerprint density at radius 1 is 1.45 bits per heavy atom. The van der Waals surface area contributed by atoms with Crippen LogP contribution in [0.2, 0.25) is 0 Å². The second-order valence-corrected chi connectivity index (χ2v) is 5.71. The van der Waals surface area contributed by atoms with E-state index in [2.05, 4.69) is 17.6 Å². The van der Waals surface area contributed by atoms with Gasteiger partial charge >= 0.3 is 0 Å². The minimum Gasteiger partial charge on any atom is -0.394 e. The highest BCUT2D eigenvalue weighted by Gasteiger charge is 2.25. The molecule has 0 aliphatic carbocycles. The predicted molar refractivity (Wildman–Crippen MR) is 79.4 cm³/mol. The van der Waals surface area contributed by atoms with Gasteiger partial charge in [0.15, 0.2) is 0 Å². The molecule has 20 heavy (non-hydrogen) atoms. The molecule has 0 unspecified atom stereocenters. The highest BCUT2D eigenvalue weighted by molar-refractivity contribution is 5.82. The molecule has 0 saturated carbocycles. The highest BCUT2D eigenvalue weighted by Crippen LogP contribution is 2.15. The van der Waals surface area contributed by atoms with E-state index in [1.807, 2.05) is 30.3 Å². The number of aliphatic hydroxyl groups is 1. The van der Waals surface area contributed by atoms with Crippen LogP contribution in [0.4, 0.5) is 0 Å². The number of rotatable bonds is 5. The number of hydrogen-bond donors (Lipinski definition) is 3. The molecule has 0 radical (unpaired) electrons. The van der Waals surface area contributed by atoms with Crippen molar-refractivity contribution >= 4 is 5.91 Å². The summed E-state index contributed by atoms with van der Waals surface area (Å²) in [6.07, 6.45) is 2.65. The van der Waals surface area contributed by atoms with Crippen LogP contribution >= 0.6 is 0 Å². The zero-order chi connectivity index (χ0) is 14.4. The third kappa shape index (κ3) is 4.32. The third-order valence-corrected chi connectivity index (χ3v) is 3.87. The molecule has 0 aromatic heterocycles. The van der Waals surface area contributed by atoms with E-state index in [0.29, 0.717) is 12.3 Å². The summed E-state index contributed by atoms with van der Waals surface area (Å²) in [7, 11) is 0. The maximum Gasteiger partial charge on any atom is 0.237 e. The van der Waals surface area contributed by atoms with Crippen LogP contribution in [-0.4, -0.2) is 36.2 Å². The van der Waals surface area contributed by atoms with Gasteiger partial charge in [0.25, 0.3) is 0 Å². The van der Waals surface area contributed by atoms with Crippen LogP contribution in [0, 0.1) is 5.92 Å². The smallest absolute Gasteiger partial charge is 0.237 e. The van der Waals surface area contributed by atoms with E-state index >= 15 is 0 Å². The lowest BCUT2D eigenvalue weighted by molar-refractivity contribution is -0.125. The predicted octanol–water partition coefficient (Wildman–Crippen LogP) is 1.09. The molecule has 0 bridgehead atoms. The lowest BCUT2D eigenvalue weighted by atomic mass is 9.93. The number of nitrogens with one attached hydrogen (secondary N) is 2. The van der Waals surface area contributed by atoms with Crippen LogP contribution in [0.5, 0.6) is 0 Å². The maximum absolute atomic E-state index is 12.2. The number of hydrogen-bond acceptors (Lipinski definition) is 3. The molecule has 4 nitrogen and oxygen atoms in total. The largest absolute Gasteiger partial charge is 0.394 e. The van der Waals surface area contributed by atoms with Crippen LogP contribution in [0.3, 0.4) is 0 Å². The van der Waals surface area contributed by atoms with Gasteiger partial charge in [-0.1, -0.05) is 37.3 Å². The van der Waals surface area contributed by atoms with Crippen molar-refractivity contribution in [1.29, 1.82) is 0 Å². The summed E-state index contributed by atoms with van der Waals surface area (Å²) in [5, 5.41) is 15.7. The van der Waals surface area contributed by atoms with Gasteiger partial charge in [0.2, 0.25) is 5.91 Å². The van der Waals surface area contributed by atoms with E-state index in [1.165, 1.54) is 0 Å². The van der Waals surface area contributed by atoms with Gasteiger partial charge in [0.05, 0.1) is 18.7 Å². The number of carbonyl (C=O) groups is 1. The molecule has 3 N–H and O–H groups in total. The van der Waals surface area contributed by atoms with E-state index in [9.17, 15) is 9.90 Å². The first-order valence-electron chi connectivity index (χ1n) is 7.37. The molecule has 2 rings (SSSR count). The van der Waals surface area contributed by atoms with E-state index in [4.69, 9.17) is 0 Å². The molecular weight excluding hydrogens is 252 g/mol. The summed E-state index contributed by atoms with van der Waals surface area (Å²) in [6, 6.07) is 9.58. The Kier molecular flexibility index (Phi) is 5.56. The van der Waals surface area contributed by atoms with Crippen LogP contribution in [0.1, 0.15) is 25.3 Å². The van der Waals surface area contributed by atoms with Crippen molar-refractivity contribution in [2.24, 2.45) is 5.92 Å². The Morgan fingerprint density at radius 3 is 2.85 bits per heavy atom. The van der Waals surface area contributed by atoms with E-state index < -0.39 is 0 Å². The lowest BCUT2D eigenvalue weighted by Gasteiger charge is -2.28. The number of carbonyl (C=O) groups excluding carboxylic acids is 1. The van der Waals surface area contributed by atoms with Crippen LogP contribution in [0.25, 0.3) is 0 Å². The summed E-state index contributed by atoms with van der Waals surface area (Å²) >= 11 is 0. The Balaban J connectivity index is 1.87. The van der Waals surface area contributed by atoms with Crippen LogP contribution in [-0.2, 0) is 11.2 Å². The summed E-state index contributed by atoms with van der Waals surface area (Å²) in [6.45, 7) is 3.03. The van der Waals surface area contributed by atoms with Gasteiger partial charge in [0, 0.05) is 0 Å². The van der Waals surface area contributed by atoms with Gasteiger partial charge in [0.1, 0.15) is 0 Å². The normalized spacial score (nSPS) is 24.1. The Morgan fingerprint density at radius 2 is 2.20 bits per heavy atom. The fourth-order valence-electron chi connectivity index (χ4n) is 2.67. The molecule has 1 amide bonds. The quantitative estimate of drug-likeness (QED) is 0.754. The second-order valence-electron chi connectivity index (χ2n) is 5.71. The Hall–Kier alpha value is -1.39. The molecule has 110 valence electrons. The Bertz CT molecular complexity index is 422. The van der Waals surface area contributed by atoms with Gasteiger partial charge in [-0.2, -0.15) is 0 Å². The first kappa shape index (κ1) is 15.0. The second kappa shape index (κ2) is 7.41. The summed E-state index contributed by atoms with van der Waals surface area (Å²) in [5.74, 6) is 0.584. The molecule has 3 atom stereocenters. The number of amides is 1. The summed E-state index contributed by atoms with van der Waals surface area (Å²) < 4.78 is 0. The molecule has 1 aromatic rings. The van der Waals surface area contributed by atoms with Crippen molar-refractivity contribution in [1.82, 2.24) is 10.6 Å². The minimum atomic E-state index is -0.219. The third-order valence-electron chi connectivity index (χ3n) is 3.87. The van der Waals surface area contributed by atoms with Crippen molar-refractivity contribution in [3.8, 4) is 0 Å². The summed E-state index contributed by atoms with van der Waals surface area (Å²) in [5.41, 5.74) is 1.12. The molecule has 1 heterocycles. The molecule has 1 fully saturated rings. The van der Waals surface area contributed by atoms with Crippen molar-refractivity contribution in [2.45, 2.75) is 38.3 Å². The highest BCUT2D eigenvalue weighted by atomic mass is 16.3. The van der Waals surface area contributed by atoms with E-state index in [-0.39, 0.29) is 24.6 Å². The maximum atomic E-state index is 12.2. The van der Waals surface area contributed by atoms with Crippen molar-refractivity contribution in [2.75, 3.05) is 13.2 Å². The topological polar surface area (TPSA) is 61.4 Å². The molecule has 1 aliphatic heterocycles. The van der Waals surface area contributed by atoms with Gasteiger partial charge in [-0.05, 0) is 37.3 Å². The average molecular weight is 276 g/mol. The number of aliphatic hydroxyl groups excluding tert-OH is 1. The number of piperidine rings is 1. The van der Waals surface area contributed by atoms with Gasteiger partial charge in [-0.25, -0.2) is 0 Å². The minimum absolute atomic E-state index is 0.00605. The Labute approximate surface area is 120 Å². The zero-order valence-electron chi connectivity index (χ0n) is 12.0. The molecule has 1 aliphatic rings. The van der Waals surface area contributed by atoms with Gasteiger partial charge < -0.3 is 15.7 Å². The van der Waals surface area contributed by atoms with Crippen molar-refractivity contribution < 1.29 is 9.90 Å². The molecule has 1 saturated heterocycles. The zero-order valence-corrected chi connectivity index (χ0v) is 12.0. The molecular formula is C16H24N2O2. The molecule has 1 aromatic carbocycles.